The Labute approximate surface area is 116 Å². The van der Waals surface area contributed by atoms with E-state index in [1.54, 1.807) is 0 Å². The Hall–Kier alpha value is -0.860. The lowest BCUT2D eigenvalue weighted by molar-refractivity contribution is 0.0474. The fourth-order valence-electron chi connectivity index (χ4n) is 3.76. The van der Waals surface area contributed by atoms with Gasteiger partial charge in [0.2, 0.25) is 0 Å². The predicted octanol–water partition coefficient (Wildman–Crippen LogP) is 3.00. The van der Waals surface area contributed by atoms with Gasteiger partial charge in [-0.3, -0.25) is 0 Å². The molecule has 2 aliphatic rings. The van der Waals surface area contributed by atoms with Crippen molar-refractivity contribution in [2.24, 2.45) is 0 Å². The molecule has 0 aromatic heterocycles. The van der Waals surface area contributed by atoms with Crippen LogP contribution in [0.25, 0.3) is 0 Å². The predicted molar refractivity (Wildman–Crippen MR) is 78.4 cm³/mol. The molecule has 2 N–H and O–H groups in total. The molecule has 1 aromatic carbocycles. The average molecular weight is 259 g/mol. The van der Waals surface area contributed by atoms with Gasteiger partial charge in [0.15, 0.2) is 0 Å². The molecule has 1 fully saturated rings. The molecule has 0 amide bonds. The highest BCUT2D eigenvalue weighted by Crippen LogP contribution is 2.32. The van der Waals surface area contributed by atoms with Gasteiger partial charge in [-0.25, -0.2) is 0 Å². The van der Waals surface area contributed by atoms with Crippen LogP contribution in [0.5, 0.6) is 0 Å². The summed E-state index contributed by atoms with van der Waals surface area (Å²) in [7, 11) is 0. The quantitative estimate of drug-likeness (QED) is 0.871. The van der Waals surface area contributed by atoms with E-state index in [-0.39, 0.29) is 0 Å². The lowest BCUT2D eigenvalue weighted by atomic mass is 9.83. The van der Waals surface area contributed by atoms with E-state index in [0.717, 1.165) is 25.9 Å². The van der Waals surface area contributed by atoms with Gasteiger partial charge in [-0.15, -0.1) is 0 Å². The standard InChI is InChI=1S/C17H25NO/c19-17(10-3-4-11-17)13-18-12-15-8-5-7-14-6-1-2-9-16(14)15/h1-2,6,9,15,18-19H,3-5,7-8,10-13H2. The Morgan fingerprint density at radius 1 is 1.16 bits per heavy atom. The van der Waals surface area contributed by atoms with Crippen LogP contribution in [0, 0.1) is 0 Å². The minimum Gasteiger partial charge on any atom is -0.389 e. The lowest BCUT2D eigenvalue weighted by Crippen LogP contribution is -2.39. The molecular formula is C17H25NO. The first kappa shape index (κ1) is 13.1. The summed E-state index contributed by atoms with van der Waals surface area (Å²) < 4.78 is 0. The maximum Gasteiger partial charge on any atom is 0.0771 e. The first-order valence-corrected chi connectivity index (χ1v) is 7.78. The van der Waals surface area contributed by atoms with Crippen molar-refractivity contribution in [1.82, 2.24) is 5.32 Å². The number of benzene rings is 1. The number of nitrogens with one attached hydrogen (secondary N) is 1. The van der Waals surface area contributed by atoms with E-state index < -0.39 is 5.60 Å². The molecule has 0 saturated heterocycles. The molecule has 104 valence electrons. The number of fused-ring (bicyclic) bond motifs is 1. The molecule has 2 nitrogen and oxygen atoms in total. The number of hydrogen-bond acceptors (Lipinski definition) is 2. The molecule has 3 rings (SSSR count). The van der Waals surface area contributed by atoms with Crippen molar-refractivity contribution < 1.29 is 5.11 Å². The highest BCUT2D eigenvalue weighted by Gasteiger charge is 2.30. The van der Waals surface area contributed by atoms with E-state index in [1.807, 2.05) is 0 Å². The first-order valence-electron chi connectivity index (χ1n) is 7.78. The third kappa shape index (κ3) is 3.01. The second-order valence-corrected chi connectivity index (χ2v) is 6.35. The summed E-state index contributed by atoms with van der Waals surface area (Å²) in [5.41, 5.74) is 2.63. The zero-order chi connectivity index (χ0) is 13.1. The van der Waals surface area contributed by atoms with E-state index >= 15 is 0 Å². The van der Waals surface area contributed by atoms with E-state index in [1.165, 1.54) is 43.2 Å². The maximum atomic E-state index is 10.4. The van der Waals surface area contributed by atoms with Gasteiger partial charge in [0.25, 0.3) is 0 Å². The van der Waals surface area contributed by atoms with Gasteiger partial charge < -0.3 is 10.4 Å². The Kier molecular flexibility index (Phi) is 3.90. The molecule has 0 spiro atoms. The molecule has 0 radical (unpaired) electrons. The summed E-state index contributed by atoms with van der Waals surface area (Å²) in [4.78, 5) is 0. The molecule has 1 aromatic rings. The second kappa shape index (κ2) is 5.64. The van der Waals surface area contributed by atoms with Gasteiger partial charge in [-0.05, 0) is 49.1 Å². The summed E-state index contributed by atoms with van der Waals surface area (Å²) in [6.07, 6.45) is 8.13. The average Bonchev–Trinajstić information content (AvgIpc) is 2.86. The van der Waals surface area contributed by atoms with Crippen LogP contribution in [0.15, 0.2) is 24.3 Å². The van der Waals surface area contributed by atoms with Gasteiger partial charge in [-0.2, -0.15) is 0 Å². The van der Waals surface area contributed by atoms with Crippen molar-refractivity contribution in [2.45, 2.75) is 56.5 Å². The zero-order valence-electron chi connectivity index (χ0n) is 11.7. The highest BCUT2D eigenvalue weighted by molar-refractivity contribution is 5.32. The fraction of sp³-hybridized carbons (Fsp3) is 0.647. The monoisotopic (exact) mass is 259 g/mol. The molecule has 19 heavy (non-hydrogen) atoms. The molecule has 2 aliphatic carbocycles. The molecule has 2 heteroatoms. The van der Waals surface area contributed by atoms with E-state index in [0.29, 0.717) is 5.92 Å². The number of aryl methyl sites for hydroxylation is 1. The van der Waals surface area contributed by atoms with Crippen molar-refractivity contribution in [1.29, 1.82) is 0 Å². The van der Waals surface area contributed by atoms with Crippen molar-refractivity contribution in [3.63, 3.8) is 0 Å². The van der Waals surface area contributed by atoms with E-state index in [4.69, 9.17) is 0 Å². The van der Waals surface area contributed by atoms with Crippen molar-refractivity contribution in [2.75, 3.05) is 13.1 Å². The Morgan fingerprint density at radius 3 is 2.79 bits per heavy atom. The van der Waals surface area contributed by atoms with Crippen LogP contribution < -0.4 is 5.32 Å². The molecule has 1 atom stereocenters. The Bertz CT molecular complexity index is 423. The van der Waals surface area contributed by atoms with Gasteiger partial charge >= 0.3 is 0 Å². The Morgan fingerprint density at radius 2 is 1.95 bits per heavy atom. The molecule has 1 saturated carbocycles. The van der Waals surface area contributed by atoms with Crippen LogP contribution in [-0.4, -0.2) is 23.8 Å². The summed E-state index contributed by atoms with van der Waals surface area (Å²) in [5, 5.41) is 13.9. The SMILES string of the molecule is OC1(CNCC2CCCc3ccccc32)CCCC1. The fourth-order valence-corrected chi connectivity index (χ4v) is 3.76. The zero-order valence-corrected chi connectivity index (χ0v) is 11.7. The normalized spacial score (nSPS) is 25.2. The number of rotatable bonds is 4. The van der Waals surface area contributed by atoms with Gasteiger partial charge in [0, 0.05) is 13.1 Å². The van der Waals surface area contributed by atoms with Crippen molar-refractivity contribution in [3.05, 3.63) is 35.4 Å². The van der Waals surface area contributed by atoms with E-state index in [2.05, 4.69) is 29.6 Å². The number of hydrogen-bond donors (Lipinski definition) is 2. The van der Waals surface area contributed by atoms with Gasteiger partial charge in [-0.1, -0.05) is 37.1 Å². The van der Waals surface area contributed by atoms with Crippen LogP contribution in [0.3, 0.4) is 0 Å². The Balaban J connectivity index is 1.56. The van der Waals surface area contributed by atoms with Crippen LogP contribution in [0.1, 0.15) is 55.6 Å². The molecule has 0 bridgehead atoms. The first-order chi connectivity index (χ1) is 9.27. The summed E-state index contributed by atoms with van der Waals surface area (Å²) >= 11 is 0. The van der Waals surface area contributed by atoms with Crippen molar-refractivity contribution >= 4 is 0 Å². The minimum absolute atomic E-state index is 0.422. The summed E-state index contributed by atoms with van der Waals surface area (Å²) in [6, 6.07) is 8.86. The largest absolute Gasteiger partial charge is 0.389 e. The molecule has 0 aliphatic heterocycles. The van der Waals surface area contributed by atoms with Crippen LogP contribution in [0.4, 0.5) is 0 Å². The summed E-state index contributed by atoms with van der Waals surface area (Å²) in [5.74, 6) is 0.634. The van der Waals surface area contributed by atoms with Crippen LogP contribution in [-0.2, 0) is 6.42 Å². The van der Waals surface area contributed by atoms with Gasteiger partial charge in [0.1, 0.15) is 0 Å². The molecular weight excluding hydrogens is 234 g/mol. The number of aliphatic hydroxyl groups is 1. The van der Waals surface area contributed by atoms with Crippen LogP contribution in [0.2, 0.25) is 0 Å². The molecule has 0 heterocycles. The lowest BCUT2D eigenvalue weighted by Gasteiger charge is -2.28. The van der Waals surface area contributed by atoms with Crippen LogP contribution >= 0.6 is 0 Å². The topological polar surface area (TPSA) is 32.3 Å². The van der Waals surface area contributed by atoms with Gasteiger partial charge in [0.05, 0.1) is 5.60 Å². The smallest absolute Gasteiger partial charge is 0.0771 e. The van der Waals surface area contributed by atoms with Crippen molar-refractivity contribution in [3.8, 4) is 0 Å². The maximum absolute atomic E-state index is 10.4. The molecule has 1 unspecified atom stereocenters. The van der Waals surface area contributed by atoms with E-state index in [9.17, 15) is 5.11 Å². The minimum atomic E-state index is -0.422. The highest BCUT2D eigenvalue weighted by atomic mass is 16.3. The second-order valence-electron chi connectivity index (χ2n) is 6.35. The third-order valence-corrected chi connectivity index (χ3v) is 4.87. The summed E-state index contributed by atoms with van der Waals surface area (Å²) in [6.45, 7) is 1.78. The third-order valence-electron chi connectivity index (χ3n) is 4.87.